The monoisotopic (exact) mass is 239 g/mol. The number of hydrogen-bond acceptors (Lipinski definition) is 2. The van der Waals surface area contributed by atoms with Gasteiger partial charge in [0.25, 0.3) is 0 Å². The predicted molar refractivity (Wildman–Crippen MR) is 73.0 cm³/mol. The van der Waals surface area contributed by atoms with Gasteiger partial charge in [-0.15, -0.1) is 11.8 Å². The van der Waals surface area contributed by atoms with Crippen LogP contribution in [-0.4, -0.2) is 5.75 Å². The van der Waals surface area contributed by atoms with Crippen molar-refractivity contribution in [3.63, 3.8) is 0 Å². The van der Waals surface area contributed by atoms with Gasteiger partial charge < -0.3 is 0 Å². The minimum absolute atomic E-state index is 0.705. The van der Waals surface area contributed by atoms with Crippen LogP contribution in [0.1, 0.15) is 12.5 Å². The number of hydrogen-bond donors (Lipinski definition) is 0. The zero-order chi connectivity index (χ0) is 12.1. The normalized spacial score (nSPS) is 9.88. The molecule has 0 aliphatic rings. The van der Waals surface area contributed by atoms with Crippen molar-refractivity contribution in [2.24, 2.45) is 0 Å². The first-order chi connectivity index (χ1) is 8.33. The quantitative estimate of drug-likeness (QED) is 0.744. The molecule has 84 valence electrons. The molecule has 0 radical (unpaired) electrons. The molecular weight excluding hydrogens is 226 g/mol. The number of rotatable bonds is 3. The fourth-order valence-electron chi connectivity index (χ4n) is 1.70. The Morgan fingerprint density at radius 2 is 1.76 bits per heavy atom. The maximum absolute atomic E-state index is 8.89. The summed E-state index contributed by atoms with van der Waals surface area (Å²) < 4.78 is 0. The Kier molecular flexibility index (Phi) is 3.85. The lowest BCUT2D eigenvalue weighted by atomic mass is 10.0. The molecule has 0 atom stereocenters. The molecule has 0 amide bonds. The maximum Gasteiger partial charge on any atom is 0.0991 e. The molecule has 1 nitrogen and oxygen atoms in total. The van der Waals surface area contributed by atoms with Crippen molar-refractivity contribution in [3.8, 4) is 17.2 Å². The van der Waals surface area contributed by atoms with Gasteiger partial charge >= 0.3 is 0 Å². The molecule has 0 aliphatic carbocycles. The smallest absolute Gasteiger partial charge is 0.0991 e. The average molecular weight is 239 g/mol. The van der Waals surface area contributed by atoms with Crippen LogP contribution in [0.4, 0.5) is 0 Å². The SMILES string of the molecule is CCSc1cccc(-c2cccc(C#N)c2)c1. The van der Waals surface area contributed by atoms with Gasteiger partial charge in [0.2, 0.25) is 0 Å². The Morgan fingerprint density at radius 3 is 2.47 bits per heavy atom. The molecular formula is C15H13NS. The highest BCUT2D eigenvalue weighted by Crippen LogP contribution is 2.25. The molecule has 0 spiro atoms. The highest BCUT2D eigenvalue weighted by Gasteiger charge is 2.00. The van der Waals surface area contributed by atoms with Crippen LogP contribution in [0.15, 0.2) is 53.4 Å². The first-order valence-electron chi connectivity index (χ1n) is 5.57. The minimum atomic E-state index is 0.705. The first-order valence-corrected chi connectivity index (χ1v) is 6.55. The van der Waals surface area contributed by atoms with Gasteiger partial charge in [0, 0.05) is 4.90 Å². The third-order valence-corrected chi connectivity index (χ3v) is 3.35. The van der Waals surface area contributed by atoms with E-state index in [0.717, 1.165) is 11.3 Å². The highest BCUT2D eigenvalue weighted by atomic mass is 32.2. The third-order valence-electron chi connectivity index (χ3n) is 2.47. The van der Waals surface area contributed by atoms with Gasteiger partial charge in [-0.2, -0.15) is 5.26 Å². The number of nitriles is 1. The van der Waals surface area contributed by atoms with Crippen molar-refractivity contribution in [3.05, 3.63) is 54.1 Å². The van der Waals surface area contributed by atoms with Gasteiger partial charge in [-0.3, -0.25) is 0 Å². The van der Waals surface area contributed by atoms with Gasteiger partial charge in [-0.25, -0.2) is 0 Å². The van der Waals surface area contributed by atoms with Crippen LogP contribution in [0, 0.1) is 11.3 Å². The Labute approximate surface area is 106 Å². The predicted octanol–water partition coefficient (Wildman–Crippen LogP) is 4.34. The zero-order valence-corrected chi connectivity index (χ0v) is 10.5. The zero-order valence-electron chi connectivity index (χ0n) is 9.68. The van der Waals surface area contributed by atoms with Crippen molar-refractivity contribution in [1.82, 2.24) is 0 Å². The second kappa shape index (κ2) is 5.56. The fraction of sp³-hybridized carbons (Fsp3) is 0.133. The van der Waals surface area contributed by atoms with Gasteiger partial charge in [-0.1, -0.05) is 31.2 Å². The van der Waals surface area contributed by atoms with Crippen LogP contribution in [-0.2, 0) is 0 Å². The summed E-state index contributed by atoms with van der Waals surface area (Å²) in [6.45, 7) is 2.15. The van der Waals surface area contributed by atoms with Crippen LogP contribution in [0.3, 0.4) is 0 Å². The van der Waals surface area contributed by atoms with Crippen LogP contribution >= 0.6 is 11.8 Å². The number of thioether (sulfide) groups is 1. The molecule has 0 N–H and O–H groups in total. The van der Waals surface area contributed by atoms with E-state index >= 15 is 0 Å². The Bertz CT molecular complexity index is 555. The molecule has 2 aromatic rings. The van der Waals surface area contributed by atoms with E-state index in [1.165, 1.54) is 10.5 Å². The molecule has 0 heterocycles. The van der Waals surface area contributed by atoms with Gasteiger partial charge in [-0.05, 0) is 41.1 Å². The molecule has 0 aliphatic heterocycles. The fourth-order valence-corrected chi connectivity index (χ4v) is 2.42. The molecule has 17 heavy (non-hydrogen) atoms. The van der Waals surface area contributed by atoms with Gasteiger partial charge in [0.1, 0.15) is 0 Å². The Balaban J connectivity index is 2.39. The lowest BCUT2D eigenvalue weighted by Crippen LogP contribution is -1.81. The van der Waals surface area contributed by atoms with Crippen LogP contribution < -0.4 is 0 Å². The summed E-state index contributed by atoms with van der Waals surface area (Å²) in [4.78, 5) is 1.27. The summed E-state index contributed by atoms with van der Waals surface area (Å²) in [7, 11) is 0. The van der Waals surface area contributed by atoms with E-state index in [4.69, 9.17) is 5.26 Å². The van der Waals surface area contributed by atoms with Crippen molar-refractivity contribution < 1.29 is 0 Å². The Morgan fingerprint density at radius 1 is 1.06 bits per heavy atom. The van der Waals surface area contributed by atoms with E-state index in [0.29, 0.717) is 5.56 Å². The van der Waals surface area contributed by atoms with Crippen LogP contribution in [0.2, 0.25) is 0 Å². The van der Waals surface area contributed by atoms with E-state index in [1.54, 1.807) is 0 Å². The summed E-state index contributed by atoms with van der Waals surface area (Å²) in [6.07, 6.45) is 0. The molecule has 2 aromatic carbocycles. The summed E-state index contributed by atoms with van der Waals surface area (Å²) in [5.41, 5.74) is 2.97. The summed E-state index contributed by atoms with van der Waals surface area (Å²) >= 11 is 1.83. The maximum atomic E-state index is 8.89. The number of benzene rings is 2. The van der Waals surface area contributed by atoms with Gasteiger partial charge in [0.15, 0.2) is 0 Å². The largest absolute Gasteiger partial charge is 0.192 e. The molecule has 0 saturated carbocycles. The molecule has 2 rings (SSSR count). The van der Waals surface area contributed by atoms with Crippen LogP contribution in [0.25, 0.3) is 11.1 Å². The molecule has 2 heteroatoms. The molecule has 0 fully saturated rings. The lowest BCUT2D eigenvalue weighted by molar-refractivity contribution is 1.42. The standard InChI is InChI=1S/C15H13NS/c1-2-17-15-8-4-7-14(10-15)13-6-3-5-12(9-13)11-16/h3-10H,2H2,1H3. The minimum Gasteiger partial charge on any atom is -0.192 e. The van der Waals surface area contributed by atoms with Gasteiger partial charge in [0.05, 0.1) is 11.6 Å². The summed E-state index contributed by atoms with van der Waals surface area (Å²) in [5.74, 6) is 1.07. The average Bonchev–Trinajstić information content (AvgIpc) is 2.40. The van der Waals surface area contributed by atoms with Crippen molar-refractivity contribution in [2.75, 3.05) is 5.75 Å². The molecule has 0 bridgehead atoms. The summed E-state index contributed by atoms with van der Waals surface area (Å²) in [5, 5.41) is 8.89. The van der Waals surface area contributed by atoms with Crippen molar-refractivity contribution in [2.45, 2.75) is 11.8 Å². The van der Waals surface area contributed by atoms with Crippen molar-refractivity contribution in [1.29, 1.82) is 5.26 Å². The number of nitrogens with zero attached hydrogens (tertiary/aromatic N) is 1. The van der Waals surface area contributed by atoms with E-state index in [-0.39, 0.29) is 0 Å². The first kappa shape index (κ1) is 11.8. The van der Waals surface area contributed by atoms with E-state index < -0.39 is 0 Å². The van der Waals surface area contributed by atoms with Crippen LogP contribution in [0.5, 0.6) is 0 Å². The second-order valence-corrected chi connectivity index (χ2v) is 4.99. The molecule has 0 aromatic heterocycles. The van der Waals surface area contributed by atoms with E-state index in [1.807, 2.05) is 36.0 Å². The second-order valence-electron chi connectivity index (χ2n) is 3.65. The topological polar surface area (TPSA) is 23.8 Å². The lowest BCUT2D eigenvalue weighted by Gasteiger charge is -2.04. The molecule has 0 unspecified atom stereocenters. The summed E-state index contributed by atoms with van der Waals surface area (Å²) in [6, 6.07) is 18.3. The highest BCUT2D eigenvalue weighted by molar-refractivity contribution is 7.99. The van der Waals surface area contributed by atoms with Crippen molar-refractivity contribution >= 4 is 11.8 Å². The molecule has 0 saturated heterocycles. The third kappa shape index (κ3) is 2.89. The Hall–Kier alpha value is -1.72. The van der Waals surface area contributed by atoms with E-state index in [9.17, 15) is 0 Å². The van der Waals surface area contributed by atoms with E-state index in [2.05, 4.69) is 37.3 Å².